The van der Waals surface area contributed by atoms with E-state index in [0.29, 0.717) is 18.9 Å². The van der Waals surface area contributed by atoms with E-state index in [9.17, 15) is 4.79 Å². The van der Waals surface area contributed by atoms with Gasteiger partial charge >= 0.3 is 0 Å². The van der Waals surface area contributed by atoms with Crippen molar-refractivity contribution in [3.05, 3.63) is 11.1 Å². The SMILES string of the molecule is C=C(Br)CN1CCC(C)CC1=O. The lowest BCUT2D eigenvalue weighted by Crippen LogP contribution is -2.38. The largest absolute Gasteiger partial charge is 0.338 e. The lowest BCUT2D eigenvalue weighted by atomic mass is 9.99. The molecule has 1 saturated heterocycles. The van der Waals surface area contributed by atoms with E-state index in [-0.39, 0.29) is 5.91 Å². The molecular weight excluding hydrogens is 218 g/mol. The van der Waals surface area contributed by atoms with Gasteiger partial charge in [0.15, 0.2) is 0 Å². The topological polar surface area (TPSA) is 20.3 Å². The van der Waals surface area contributed by atoms with Crippen molar-refractivity contribution in [1.29, 1.82) is 0 Å². The zero-order valence-electron chi connectivity index (χ0n) is 7.35. The Balaban J connectivity index is 2.45. The van der Waals surface area contributed by atoms with Crippen molar-refractivity contribution in [1.82, 2.24) is 4.90 Å². The van der Waals surface area contributed by atoms with E-state index in [1.54, 1.807) is 0 Å². The van der Waals surface area contributed by atoms with Gasteiger partial charge in [-0.25, -0.2) is 0 Å². The summed E-state index contributed by atoms with van der Waals surface area (Å²) >= 11 is 3.26. The molecule has 1 rings (SSSR count). The fourth-order valence-corrected chi connectivity index (χ4v) is 1.71. The molecule has 1 amide bonds. The van der Waals surface area contributed by atoms with Crippen molar-refractivity contribution >= 4 is 21.8 Å². The van der Waals surface area contributed by atoms with Gasteiger partial charge in [-0.2, -0.15) is 0 Å². The maximum absolute atomic E-state index is 11.4. The average Bonchev–Trinajstić information content (AvgIpc) is 1.94. The summed E-state index contributed by atoms with van der Waals surface area (Å²) < 4.78 is 0.880. The van der Waals surface area contributed by atoms with Crippen LogP contribution in [-0.2, 0) is 4.79 Å². The van der Waals surface area contributed by atoms with Crippen LogP contribution in [-0.4, -0.2) is 23.9 Å². The third-order valence-corrected chi connectivity index (χ3v) is 2.38. The first-order valence-electron chi connectivity index (χ1n) is 4.20. The van der Waals surface area contributed by atoms with Crippen LogP contribution < -0.4 is 0 Å². The number of rotatable bonds is 2. The van der Waals surface area contributed by atoms with Crippen LogP contribution in [0.2, 0.25) is 0 Å². The summed E-state index contributed by atoms with van der Waals surface area (Å²) in [7, 11) is 0. The van der Waals surface area contributed by atoms with Crippen molar-refractivity contribution < 1.29 is 4.79 Å². The van der Waals surface area contributed by atoms with Crippen molar-refractivity contribution in [2.75, 3.05) is 13.1 Å². The highest BCUT2D eigenvalue weighted by Gasteiger charge is 2.22. The van der Waals surface area contributed by atoms with E-state index in [2.05, 4.69) is 29.4 Å². The minimum absolute atomic E-state index is 0.259. The molecule has 0 bridgehead atoms. The second-order valence-electron chi connectivity index (χ2n) is 3.43. The summed E-state index contributed by atoms with van der Waals surface area (Å²) in [5.74, 6) is 0.812. The molecule has 1 atom stereocenters. The lowest BCUT2D eigenvalue weighted by molar-refractivity contribution is -0.134. The van der Waals surface area contributed by atoms with E-state index in [1.165, 1.54) is 0 Å². The lowest BCUT2D eigenvalue weighted by Gasteiger charge is -2.29. The van der Waals surface area contributed by atoms with Crippen LogP contribution in [0.1, 0.15) is 19.8 Å². The Kier molecular flexibility index (Phi) is 3.32. The Labute approximate surface area is 81.8 Å². The van der Waals surface area contributed by atoms with Gasteiger partial charge in [0.1, 0.15) is 0 Å². The molecule has 1 heterocycles. The number of piperidine rings is 1. The molecule has 0 N–H and O–H groups in total. The summed E-state index contributed by atoms with van der Waals surface area (Å²) in [6, 6.07) is 0. The van der Waals surface area contributed by atoms with Crippen molar-refractivity contribution in [3.63, 3.8) is 0 Å². The number of amides is 1. The molecule has 1 aliphatic rings. The van der Waals surface area contributed by atoms with Crippen LogP contribution in [0.3, 0.4) is 0 Å². The first kappa shape index (κ1) is 9.78. The standard InChI is InChI=1S/C9H14BrNO/c1-7-3-4-11(6-8(2)10)9(12)5-7/h7H,2-6H2,1H3. The van der Waals surface area contributed by atoms with Crippen LogP contribution in [0.5, 0.6) is 0 Å². The predicted molar refractivity (Wildman–Crippen MR) is 53.0 cm³/mol. The molecular formula is C9H14BrNO. The highest BCUT2D eigenvalue weighted by Crippen LogP contribution is 2.18. The van der Waals surface area contributed by atoms with Crippen molar-refractivity contribution in [3.8, 4) is 0 Å². The smallest absolute Gasteiger partial charge is 0.223 e. The van der Waals surface area contributed by atoms with E-state index in [4.69, 9.17) is 0 Å². The number of nitrogens with zero attached hydrogens (tertiary/aromatic N) is 1. The molecule has 3 heteroatoms. The maximum Gasteiger partial charge on any atom is 0.223 e. The van der Waals surface area contributed by atoms with Crippen LogP contribution in [0.25, 0.3) is 0 Å². The molecule has 12 heavy (non-hydrogen) atoms. The highest BCUT2D eigenvalue weighted by atomic mass is 79.9. The molecule has 0 aromatic carbocycles. The molecule has 1 aliphatic heterocycles. The second kappa shape index (κ2) is 4.08. The van der Waals surface area contributed by atoms with Crippen LogP contribution in [0.15, 0.2) is 11.1 Å². The average molecular weight is 232 g/mol. The fraction of sp³-hybridized carbons (Fsp3) is 0.667. The molecule has 0 aromatic heterocycles. The molecule has 0 saturated carbocycles. The molecule has 2 nitrogen and oxygen atoms in total. The predicted octanol–water partition coefficient (Wildman–Crippen LogP) is 2.15. The van der Waals surface area contributed by atoms with Gasteiger partial charge in [-0.05, 0) is 12.3 Å². The fourth-order valence-electron chi connectivity index (χ4n) is 1.40. The van der Waals surface area contributed by atoms with Crippen molar-refractivity contribution in [2.24, 2.45) is 5.92 Å². The maximum atomic E-state index is 11.4. The first-order chi connectivity index (χ1) is 5.59. The van der Waals surface area contributed by atoms with E-state index in [1.807, 2.05) is 4.90 Å². The zero-order chi connectivity index (χ0) is 9.14. The molecule has 0 aromatic rings. The number of likely N-dealkylation sites (tertiary alicyclic amines) is 1. The Morgan fingerprint density at radius 2 is 2.50 bits per heavy atom. The third kappa shape index (κ3) is 2.63. The van der Waals surface area contributed by atoms with Gasteiger partial charge < -0.3 is 4.90 Å². The Morgan fingerprint density at radius 3 is 3.00 bits per heavy atom. The molecule has 1 fully saturated rings. The van der Waals surface area contributed by atoms with E-state index >= 15 is 0 Å². The minimum atomic E-state index is 0.259. The first-order valence-corrected chi connectivity index (χ1v) is 5.00. The molecule has 0 radical (unpaired) electrons. The second-order valence-corrected chi connectivity index (χ2v) is 4.55. The van der Waals surface area contributed by atoms with Gasteiger partial charge in [0, 0.05) is 17.4 Å². The van der Waals surface area contributed by atoms with E-state index < -0.39 is 0 Å². The summed E-state index contributed by atoms with van der Waals surface area (Å²) in [4.78, 5) is 13.3. The number of carbonyl (C=O) groups is 1. The molecule has 1 unspecified atom stereocenters. The number of halogens is 1. The van der Waals surface area contributed by atoms with Gasteiger partial charge in [0.05, 0.1) is 6.54 Å². The Bertz CT molecular complexity index is 203. The van der Waals surface area contributed by atoms with Crippen LogP contribution in [0, 0.1) is 5.92 Å². The number of hydrogen-bond acceptors (Lipinski definition) is 1. The van der Waals surface area contributed by atoms with Gasteiger partial charge in [-0.3, -0.25) is 4.79 Å². The highest BCUT2D eigenvalue weighted by molar-refractivity contribution is 9.11. The quantitative estimate of drug-likeness (QED) is 0.714. The van der Waals surface area contributed by atoms with Crippen LogP contribution >= 0.6 is 15.9 Å². The number of carbonyl (C=O) groups excluding carboxylic acids is 1. The van der Waals surface area contributed by atoms with Crippen molar-refractivity contribution in [2.45, 2.75) is 19.8 Å². The normalized spacial score (nSPS) is 24.3. The Morgan fingerprint density at radius 1 is 1.83 bits per heavy atom. The summed E-state index contributed by atoms with van der Waals surface area (Å²) in [6.07, 6.45) is 1.81. The van der Waals surface area contributed by atoms with Crippen LogP contribution in [0.4, 0.5) is 0 Å². The summed E-state index contributed by atoms with van der Waals surface area (Å²) in [5, 5.41) is 0. The third-order valence-electron chi connectivity index (χ3n) is 2.13. The minimum Gasteiger partial charge on any atom is -0.338 e. The number of hydrogen-bond donors (Lipinski definition) is 0. The summed E-state index contributed by atoms with van der Waals surface area (Å²) in [6.45, 7) is 7.39. The monoisotopic (exact) mass is 231 g/mol. The van der Waals surface area contributed by atoms with Gasteiger partial charge in [0.25, 0.3) is 0 Å². The van der Waals surface area contributed by atoms with E-state index in [0.717, 1.165) is 17.4 Å². The zero-order valence-corrected chi connectivity index (χ0v) is 8.93. The Hall–Kier alpha value is -0.310. The molecule has 0 spiro atoms. The van der Waals surface area contributed by atoms with Gasteiger partial charge in [0.2, 0.25) is 5.91 Å². The molecule has 0 aliphatic carbocycles. The summed E-state index contributed by atoms with van der Waals surface area (Å²) in [5.41, 5.74) is 0. The molecule has 68 valence electrons. The van der Waals surface area contributed by atoms with Gasteiger partial charge in [-0.1, -0.05) is 29.4 Å². The van der Waals surface area contributed by atoms with Gasteiger partial charge in [-0.15, -0.1) is 0 Å².